The van der Waals surface area contributed by atoms with Gasteiger partial charge in [-0.1, -0.05) is 19.3 Å². The van der Waals surface area contributed by atoms with Gasteiger partial charge in [-0.25, -0.2) is 19.2 Å². The van der Waals surface area contributed by atoms with Crippen molar-refractivity contribution in [2.45, 2.75) is 38.1 Å². The minimum atomic E-state index is -0.346. The fourth-order valence-corrected chi connectivity index (χ4v) is 3.84. The normalized spacial score (nSPS) is 15.9. The Kier molecular flexibility index (Phi) is 3.37. The van der Waals surface area contributed by atoms with Gasteiger partial charge in [-0.05, 0) is 25.0 Å². The Hall–Kier alpha value is -3.03. The van der Waals surface area contributed by atoms with Crippen molar-refractivity contribution in [2.75, 3.05) is 0 Å². The molecule has 1 saturated carbocycles. The number of hydrogen-bond donors (Lipinski definition) is 1. The van der Waals surface area contributed by atoms with E-state index >= 15 is 0 Å². The van der Waals surface area contributed by atoms with Crippen LogP contribution in [0.2, 0.25) is 0 Å². The van der Waals surface area contributed by atoms with Crippen molar-refractivity contribution in [3.05, 3.63) is 47.0 Å². The highest BCUT2D eigenvalue weighted by Gasteiger charge is 2.21. The van der Waals surface area contributed by atoms with Crippen molar-refractivity contribution in [1.82, 2.24) is 29.1 Å². The first kappa shape index (κ1) is 15.2. The van der Waals surface area contributed by atoms with Gasteiger partial charge in [-0.15, -0.1) is 0 Å². The fraction of sp³-hybridized carbons (Fsp3) is 0.333. The maximum absolute atomic E-state index is 13.6. The number of nitrogens with zero attached hydrogens (tertiary/aromatic N) is 5. The van der Waals surface area contributed by atoms with Gasteiger partial charge in [0.25, 0.3) is 0 Å². The summed E-state index contributed by atoms with van der Waals surface area (Å²) < 4.78 is 17.0. The second kappa shape index (κ2) is 5.76. The second-order valence-corrected chi connectivity index (χ2v) is 6.75. The zero-order valence-electron chi connectivity index (χ0n) is 14.0. The van der Waals surface area contributed by atoms with Crippen LogP contribution in [0, 0.1) is 5.82 Å². The summed E-state index contributed by atoms with van der Waals surface area (Å²) in [7, 11) is 0. The minimum Gasteiger partial charge on any atom is -0.303 e. The number of H-pyrrole nitrogens is 1. The molecule has 0 spiro atoms. The van der Waals surface area contributed by atoms with E-state index < -0.39 is 0 Å². The molecule has 5 rings (SSSR count). The van der Waals surface area contributed by atoms with Gasteiger partial charge in [0, 0.05) is 12.1 Å². The highest BCUT2D eigenvalue weighted by Crippen LogP contribution is 2.29. The van der Waals surface area contributed by atoms with E-state index in [-0.39, 0.29) is 17.5 Å². The zero-order chi connectivity index (χ0) is 17.7. The molecule has 1 fully saturated rings. The van der Waals surface area contributed by atoms with E-state index in [1.54, 1.807) is 27.7 Å². The van der Waals surface area contributed by atoms with Crippen molar-refractivity contribution >= 4 is 22.2 Å². The van der Waals surface area contributed by atoms with Crippen molar-refractivity contribution in [1.29, 1.82) is 0 Å². The zero-order valence-corrected chi connectivity index (χ0v) is 14.0. The highest BCUT2D eigenvalue weighted by atomic mass is 19.1. The number of nitrogens with one attached hydrogen (secondary N) is 1. The number of rotatable bonds is 2. The van der Waals surface area contributed by atoms with E-state index in [0.29, 0.717) is 28.1 Å². The summed E-state index contributed by atoms with van der Waals surface area (Å²) >= 11 is 0. The molecule has 0 radical (unpaired) electrons. The fourth-order valence-electron chi connectivity index (χ4n) is 3.84. The van der Waals surface area contributed by atoms with Crippen LogP contribution in [-0.2, 0) is 0 Å². The van der Waals surface area contributed by atoms with Gasteiger partial charge >= 0.3 is 5.69 Å². The van der Waals surface area contributed by atoms with Crippen LogP contribution >= 0.6 is 0 Å². The van der Waals surface area contributed by atoms with Gasteiger partial charge in [-0.2, -0.15) is 4.98 Å². The van der Waals surface area contributed by atoms with Crippen LogP contribution in [0.25, 0.3) is 28.1 Å². The molecule has 3 aromatic heterocycles. The average molecular weight is 352 g/mol. The predicted molar refractivity (Wildman–Crippen MR) is 94.9 cm³/mol. The number of benzene rings is 1. The number of imidazole rings is 2. The number of hydrogen-bond acceptors (Lipinski definition) is 4. The molecule has 132 valence electrons. The largest absolute Gasteiger partial charge is 0.327 e. The summed E-state index contributed by atoms with van der Waals surface area (Å²) in [5.41, 5.74) is 2.30. The van der Waals surface area contributed by atoms with E-state index in [0.717, 1.165) is 25.7 Å². The summed E-state index contributed by atoms with van der Waals surface area (Å²) in [6.45, 7) is 0. The Balaban J connectivity index is 1.69. The lowest BCUT2D eigenvalue weighted by Crippen LogP contribution is -2.24. The molecular weight excluding hydrogens is 335 g/mol. The Morgan fingerprint density at radius 2 is 2.00 bits per heavy atom. The molecule has 0 unspecified atom stereocenters. The lowest BCUT2D eigenvalue weighted by Gasteiger charge is -2.22. The first-order valence-corrected chi connectivity index (χ1v) is 8.81. The van der Waals surface area contributed by atoms with Crippen LogP contribution in [0.5, 0.6) is 0 Å². The van der Waals surface area contributed by atoms with E-state index in [9.17, 15) is 9.18 Å². The topological polar surface area (TPSA) is 81.4 Å². The van der Waals surface area contributed by atoms with Crippen molar-refractivity contribution in [2.24, 2.45) is 0 Å². The van der Waals surface area contributed by atoms with Gasteiger partial charge in [0.2, 0.25) is 5.95 Å². The maximum atomic E-state index is 13.6. The SMILES string of the molecule is O=c1[nH]c2cnc(-n3cnc4ccc(F)cc43)nc2n1C1CCCCC1. The summed E-state index contributed by atoms with van der Waals surface area (Å²) in [5, 5.41) is 0. The van der Waals surface area contributed by atoms with Crippen molar-refractivity contribution in [3.8, 4) is 5.95 Å². The predicted octanol–water partition coefficient (Wildman–Crippen LogP) is 3.10. The van der Waals surface area contributed by atoms with Crippen LogP contribution in [-0.4, -0.2) is 29.1 Å². The molecule has 0 saturated heterocycles. The Morgan fingerprint density at radius 3 is 2.85 bits per heavy atom. The molecule has 4 aromatic rings. The molecule has 0 amide bonds. The summed E-state index contributed by atoms with van der Waals surface area (Å²) in [5.74, 6) is 0.0234. The molecule has 1 N–H and O–H groups in total. The van der Waals surface area contributed by atoms with Crippen molar-refractivity contribution < 1.29 is 4.39 Å². The smallest absolute Gasteiger partial charge is 0.303 e. The third kappa shape index (κ3) is 2.33. The van der Waals surface area contributed by atoms with E-state index in [1.165, 1.54) is 18.6 Å². The Bertz CT molecular complexity index is 1170. The summed E-state index contributed by atoms with van der Waals surface area (Å²) in [4.78, 5) is 28.5. The Labute approximate surface area is 147 Å². The quantitative estimate of drug-likeness (QED) is 0.601. The van der Waals surface area contributed by atoms with Crippen LogP contribution in [0.1, 0.15) is 38.1 Å². The lowest BCUT2D eigenvalue weighted by atomic mass is 9.95. The molecule has 0 atom stereocenters. The lowest BCUT2D eigenvalue weighted by molar-refractivity contribution is 0.352. The Morgan fingerprint density at radius 1 is 1.15 bits per heavy atom. The first-order chi connectivity index (χ1) is 12.7. The van der Waals surface area contributed by atoms with Crippen LogP contribution in [0.15, 0.2) is 35.5 Å². The third-order valence-corrected chi connectivity index (χ3v) is 5.11. The minimum absolute atomic E-state index is 0.153. The highest BCUT2D eigenvalue weighted by molar-refractivity contribution is 5.77. The number of halogens is 1. The molecule has 0 bridgehead atoms. The second-order valence-electron chi connectivity index (χ2n) is 6.75. The number of aromatic nitrogens is 6. The van der Waals surface area contributed by atoms with Crippen molar-refractivity contribution in [3.63, 3.8) is 0 Å². The molecule has 1 aliphatic carbocycles. The number of fused-ring (bicyclic) bond motifs is 2. The van der Waals surface area contributed by atoms with E-state index in [4.69, 9.17) is 0 Å². The molecule has 0 aliphatic heterocycles. The molecular formula is C18H17FN6O. The van der Waals surface area contributed by atoms with Crippen LogP contribution in [0.3, 0.4) is 0 Å². The molecule has 1 aromatic carbocycles. The van der Waals surface area contributed by atoms with Gasteiger partial charge < -0.3 is 4.98 Å². The van der Waals surface area contributed by atoms with Crippen LogP contribution < -0.4 is 5.69 Å². The number of aromatic amines is 1. The molecule has 8 heteroatoms. The van der Waals surface area contributed by atoms with Gasteiger partial charge in [0.15, 0.2) is 5.65 Å². The molecule has 26 heavy (non-hydrogen) atoms. The molecule has 3 heterocycles. The van der Waals surface area contributed by atoms with Gasteiger partial charge in [0.05, 0.1) is 17.2 Å². The average Bonchev–Trinajstić information content (AvgIpc) is 3.21. The maximum Gasteiger partial charge on any atom is 0.327 e. The summed E-state index contributed by atoms with van der Waals surface area (Å²) in [6, 6.07) is 4.55. The standard InChI is InChI=1S/C18H17FN6O/c19-11-6-7-13-15(8-11)24(10-21-13)17-20-9-14-16(23-17)25(18(26)22-14)12-4-2-1-3-5-12/h6-10,12H,1-5H2,(H,22,26). The van der Waals surface area contributed by atoms with E-state index in [1.807, 2.05) is 0 Å². The first-order valence-electron chi connectivity index (χ1n) is 8.81. The van der Waals surface area contributed by atoms with E-state index in [2.05, 4.69) is 19.9 Å². The van der Waals surface area contributed by atoms with Gasteiger partial charge in [0.1, 0.15) is 17.7 Å². The molecule has 7 nitrogen and oxygen atoms in total. The summed E-state index contributed by atoms with van der Waals surface area (Å²) in [6.07, 6.45) is 8.57. The van der Waals surface area contributed by atoms with Gasteiger partial charge in [-0.3, -0.25) is 9.13 Å². The third-order valence-electron chi connectivity index (χ3n) is 5.11. The monoisotopic (exact) mass is 352 g/mol. The van der Waals surface area contributed by atoms with Crippen LogP contribution in [0.4, 0.5) is 4.39 Å². The molecule has 1 aliphatic rings.